The number of aliphatic carboxylic acids is 1. The Morgan fingerprint density at radius 2 is 1.45 bits per heavy atom. The summed E-state index contributed by atoms with van der Waals surface area (Å²) in [4.78, 5) is 51.4. The number of carbonyl (C=O) groups is 4. The van der Waals surface area contributed by atoms with E-state index in [-0.39, 0.29) is 34.9 Å². The van der Waals surface area contributed by atoms with E-state index in [4.69, 9.17) is 9.47 Å². The molecule has 1 fully saturated rings. The molecule has 51 heavy (non-hydrogen) atoms. The minimum atomic E-state index is -4.69. The molecule has 0 heterocycles. The first-order valence-corrected chi connectivity index (χ1v) is 16.5. The van der Waals surface area contributed by atoms with Gasteiger partial charge in [0.2, 0.25) is 5.91 Å². The van der Waals surface area contributed by atoms with Crippen LogP contribution in [0.1, 0.15) is 81.0 Å². The fraction of sp³-hybridized carbons (Fsp3) is 0.282. The lowest BCUT2D eigenvalue weighted by Gasteiger charge is -2.22. The lowest BCUT2D eigenvalue weighted by Crippen LogP contribution is -2.35. The number of esters is 1. The van der Waals surface area contributed by atoms with Gasteiger partial charge in [0.1, 0.15) is 18.0 Å². The van der Waals surface area contributed by atoms with Crippen molar-refractivity contribution < 1.29 is 46.9 Å². The van der Waals surface area contributed by atoms with Gasteiger partial charge in [0.05, 0.1) is 24.7 Å². The number of hydrogen-bond acceptors (Lipinski definition) is 6. The van der Waals surface area contributed by atoms with E-state index >= 15 is 0 Å². The second-order valence-corrected chi connectivity index (χ2v) is 12.4. The highest BCUT2D eigenvalue weighted by atomic mass is 19.4. The molecule has 0 atom stereocenters. The monoisotopic (exact) mass is 702 g/mol. The molecule has 1 aliphatic carbocycles. The zero-order valence-corrected chi connectivity index (χ0v) is 27.9. The molecule has 0 radical (unpaired) electrons. The van der Waals surface area contributed by atoms with Crippen LogP contribution in [-0.4, -0.2) is 47.4 Å². The summed E-state index contributed by atoms with van der Waals surface area (Å²) in [5, 5.41) is 12.0. The van der Waals surface area contributed by atoms with E-state index < -0.39 is 48.5 Å². The first-order valence-electron chi connectivity index (χ1n) is 16.5. The molecule has 0 bridgehead atoms. The number of halogens is 3. The summed E-state index contributed by atoms with van der Waals surface area (Å²) in [6, 6.07) is 22.8. The molecular formula is C39H37F3N2O7. The number of carboxylic acid groups (broad SMARTS) is 1. The maximum atomic E-state index is 13.5. The van der Waals surface area contributed by atoms with Crippen molar-refractivity contribution in [3.05, 3.63) is 124 Å². The number of nitrogens with zero attached hydrogens (tertiary/aromatic N) is 1. The normalized spacial score (nSPS) is 13.3. The number of alkyl halides is 3. The van der Waals surface area contributed by atoms with Gasteiger partial charge in [-0.05, 0) is 96.1 Å². The van der Waals surface area contributed by atoms with Crippen molar-refractivity contribution in [2.75, 3.05) is 19.0 Å². The Labute approximate surface area is 293 Å². The van der Waals surface area contributed by atoms with Crippen molar-refractivity contribution >= 4 is 29.4 Å². The molecule has 12 heteroatoms. The van der Waals surface area contributed by atoms with Gasteiger partial charge in [-0.1, -0.05) is 49.6 Å². The molecule has 0 aliphatic heterocycles. The van der Waals surface area contributed by atoms with E-state index in [9.17, 15) is 37.5 Å². The zero-order chi connectivity index (χ0) is 36.5. The summed E-state index contributed by atoms with van der Waals surface area (Å²) in [5.74, 6) is -2.23. The summed E-state index contributed by atoms with van der Waals surface area (Å²) < 4.78 is 51.0. The quantitative estimate of drug-likeness (QED) is 0.114. The molecule has 1 aliphatic rings. The highest BCUT2D eigenvalue weighted by molar-refractivity contribution is 5.97. The molecule has 1 saturated carbocycles. The van der Waals surface area contributed by atoms with E-state index in [1.165, 1.54) is 68.3 Å². The number of nitrogens with one attached hydrogen (secondary N) is 1. The van der Waals surface area contributed by atoms with Crippen molar-refractivity contribution in [2.24, 2.45) is 0 Å². The van der Waals surface area contributed by atoms with E-state index in [1.54, 1.807) is 36.4 Å². The third kappa shape index (κ3) is 9.96. The molecule has 0 aromatic heterocycles. The largest absolute Gasteiger partial charge is 0.497 e. The first-order chi connectivity index (χ1) is 24.4. The van der Waals surface area contributed by atoms with Gasteiger partial charge >= 0.3 is 18.1 Å². The molecule has 4 aromatic carbocycles. The smallest absolute Gasteiger partial charge is 0.416 e. The number of amides is 2. The zero-order valence-electron chi connectivity index (χ0n) is 27.9. The molecule has 4 aromatic rings. The van der Waals surface area contributed by atoms with Gasteiger partial charge in [-0.3, -0.25) is 14.4 Å². The maximum absolute atomic E-state index is 13.5. The standard InChI is InChI=1S/C39H37F3N2O7/c1-50-33-20-15-30(34(22-33)39(40,41)42)21-35(45)43-31-16-13-28(14-17-31)37(48)44(24-36(46)47)23-25-7-18-32(19-8-25)51-38(49)29-11-9-27(10-12-29)26-5-3-2-4-6-26/h7-20,22,26H,2-6,21,23-24H2,1H3,(H,43,45)(H,46,47). The topological polar surface area (TPSA) is 122 Å². The first kappa shape index (κ1) is 36.6. The number of ether oxygens (including phenoxy) is 2. The van der Waals surface area contributed by atoms with Gasteiger partial charge in [0.15, 0.2) is 0 Å². The SMILES string of the molecule is COc1ccc(CC(=O)Nc2ccc(C(=O)N(CC(=O)O)Cc3ccc(OC(=O)c4ccc(C5CCCCC5)cc4)cc3)cc2)c(C(F)(F)F)c1. The number of methoxy groups -OCH3 is 1. The lowest BCUT2D eigenvalue weighted by molar-refractivity contribution is -0.139. The minimum absolute atomic E-state index is 0.00694. The number of benzene rings is 4. The van der Waals surface area contributed by atoms with Crippen LogP contribution >= 0.6 is 0 Å². The van der Waals surface area contributed by atoms with Gasteiger partial charge in [0.25, 0.3) is 5.91 Å². The number of carbonyl (C=O) groups excluding carboxylic acids is 3. The van der Waals surface area contributed by atoms with Crippen LogP contribution in [0.15, 0.2) is 91.0 Å². The summed E-state index contributed by atoms with van der Waals surface area (Å²) in [6.45, 7) is -0.668. The predicted molar refractivity (Wildman–Crippen MR) is 183 cm³/mol. The third-order valence-electron chi connectivity index (χ3n) is 8.73. The second-order valence-electron chi connectivity index (χ2n) is 12.4. The van der Waals surface area contributed by atoms with Crippen molar-refractivity contribution in [2.45, 2.75) is 57.2 Å². The fourth-order valence-corrected chi connectivity index (χ4v) is 6.10. The summed E-state index contributed by atoms with van der Waals surface area (Å²) in [7, 11) is 1.24. The van der Waals surface area contributed by atoms with Gasteiger partial charge in [-0.25, -0.2) is 4.79 Å². The number of rotatable bonds is 12. The van der Waals surface area contributed by atoms with Crippen molar-refractivity contribution in [1.29, 1.82) is 0 Å². The number of anilines is 1. The highest BCUT2D eigenvalue weighted by Crippen LogP contribution is 2.35. The van der Waals surface area contributed by atoms with Crippen molar-refractivity contribution in [1.82, 2.24) is 4.90 Å². The summed E-state index contributed by atoms with van der Waals surface area (Å²) in [6.07, 6.45) is 0.766. The van der Waals surface area contributed by atoms with Crippen molar-refractivity contribution in [3.63, 3.8) is 0 Å². The average Bonchev–Trinajstić information content (AvgIpc) is 3.12. The van der Waals surface area contributed by atoms with Gasteiger partial charge in [-0.2, -0.15) is 13.2 Å². The molecule has 9 nitrogen and oxygen atoms in total. The molecular weight excluding hydrogens is 665 g/mol. The van der Waals surface area contributed by atoms with Crippen LogP contribution in [0.3, 0.4) is 0 Å². The molecule has 5 rings (SSSR count). The molecule has 266 valence electrons. The van der Waals surface area contributed by atoms with E-state index in [0.717, 1.165) is 23.8 Å². The number of carboxylic acids is 1. The fourth-order valence-electron chi connectivity index (χ4n) is 6.10. The second kappa shape index (κ2) is 16.4. The number of hydrogen-bond donors (Lipinski definition) is 2. The molecule has 2 amide bonds. The summed E-state index contributed by atoms with van der Waals surface area (Å²) in [5.41, 5.74) is 1.38. The van der Waals surface area contributed by atoms with Gasteiger partial charge in [0, 0.05) is 17.8 Å². The Morgan fingerprint density at radius 1 is 0.824 bits per heavy atom. The Balaban J connectivity index is 1.18. The van der Waals surface area contributed by atoms with Crippen LogP contribution in [0.25, 0.3) is 0 Å². The van der Waals surface area contributed by atoms with Crippen LogP contribution in [-0.2, 0) is 28.7 Å². The molecule has 0 saturated heterocycles. The van der Waals surface area contributed by atoms with E-state index in [0.29, 0.717) is 17.0 Å². The Hall–Kier alpha value is -5.65. The van der Waals surface area contributed by atoms with Crippen LogP contribution in [0.4, 0.5) is 18.9 Å². The van der Waals surface area contributed by atoms with Crippen LogP contribution in [0.2, 0.25) is 0 Å². The van der Waals surface area contributed by atoms with Crippen LogP contribution in [0, 0.1) is 0 Å². The third-order valence-corrected chi connectivity index (χ3v) is 8.73. The van der Waals surface area contributed by atoms with E-state index in [1.807, 2.05) is 12.1 Å². The Morgan fingerprint density at radius 3 is 2.06 bits per heavy atom. The summed E-state index contributed by atoms with van der Waals surface area (Å²) >= 11 is 0. The molecule has 0 unspecified atom stereocenters. The lowest BCUT2D eigenvalue weighted by atomic mass is 9.84. The highest BCUT2D eigenvalue weighted by Gasteiger charge is 2.34. The van der Waals surface area contributed by atoms with Gasteiger partial charge < -0.3 is 24.8 Å². The van der Waals surface area contributed by atoms with Crippen LogP contribution < -0.4 is 14.8 Å². The maximum Gasteiger partial charge on any atom is 0.416 e. The Bertz CT molecular complexity index is 1850. The minimum Gasteiger partial charge on any atom is -0.497 e. The van der Waals surface area contributed by atoms with Gasteiger partial charge in [-0.15, -0.1) is 0 Å². The predicted octanol–water partition coefficient (Wildman–Crippen LogP) is 7.89. The molecule has 0 spiro atoms. The molecule has 2 N–H and O–H groups in total. The van der Waals surface area contributed by atoms with Crippen LogP contribution in [0.5, 0.6) is 11.5 Å². The van der Waals surface area contributed by atoms with Crippen molar-refractivity contribution in [3.8, 4) is 11.5 Å². The van der Waals surface area contributed by atoms with E-state index in [2.05, 4.69) is 5.32 Å². The Kier molecular flexibility index (Phi) is 11.8. The average molecular weight is 703 g/mol.